The molecule has 0 spiro atoms. The number of rotatable bonds is 1. The van der Waals surface area contributed by atoms with Crippen molar-refractivity contribution >= 4 is 13.8 Å². The molecule has 84 valence electrons. The Kier molecular flexibility index (Phi) is 5.20. The first-order valence-electron chi connectivity index (χ1n) is 6.17. The van der Waals surface area contributed by atoms with Crippen LogP contribution in [0.25, 0.3) is 0 Å². The molecular weight excluding hydrogens is 187 g/mol. The summed E-state index contributed by atoms with van der Waals surface area (Å²) in [7, 11) is 5.94. The largest absolute Gasteiger partial charge is 0.481 e. The lowest BCUT2D eigenvalue weighted by Gasteiger charge is -2.25. The summed E-state index contributed by atoms with van der Waals surface area (Å²) >= 11 is 0. The third kappa shape index (κ3) is 4.27. The van der Waals surface area contributed by atoms with E-state index in [1.54, 1.807) is 0 Å². The van der Waals surface area contributed by atoms with Gasteiger partial charge < -0.3 is 5.11 Å². The molecule has 0 bridgehead atoms. The SMILES string of the molecule is [B]C1(C(=O)O)CCCCCCCCCC1. The zero-order chi connectivity index (χ0) is 11.1. The highest BCUT2D eigenvalue weighted by Gasteiger charge is 2.30. The molecule has 2 nitrogen and oxygen atoms in total. The fourth-order valence-electron chi connectivity index (χ4n) is 2.28. The first kappa shape index (κ1) is 12.6. The molecule has 1 fully saturated rings. The average molecular weight is 208 g/mol. The highest BCUT2D eigenvalue weighted by atomic mass is 16.4. The van der Waals surface area contributed by atoms with Crippen molar-refractivity contribution in [2.24, 2.45) is 0 Å². The lowest BCUT2D eigenvalue weighted by molar-refractivity contribution is -0.141. The van der Waals surface area contributed by atoms with Gasteiger partial charge in [0.1, 0.15) is 0 Å². The van der Waals surface area contributed by atoms with Gasteiger partial charge in [0.15, 0.2) is 0 Å². The molecule has 0 atom stereocenters. The van der Waals surface area contributed by atoms with E-state index in [2.05, 4.69) is 0 Å². The molecule has 0 aromatic rings. The summed E-state index contributed by atoms with van der Waals surface area (Å²) < 4.78 is 0. The van der Waals surface area contributed by atoms with Gasteiger partial charge in [-0.05, 0) is 12.8 Å². The third-order valence-electron chi connectivity index (χ3n) is 3.42. The molecule has 0 unspecified atom stereocenters. The summed E-state index contributed by atoms with van der Waals surface area (Å²) in [5.74, 6) is -0.818. The molecule has 1 aliphatic carbocycles. The summed E-state index contributed by atoms with van der Waals surface area (Å²) in [4.78, 5) is 11.1. The van der Waals surface area contributed by atoms with Gasteiger partial charge in [-0.1, -0.05) is 51.4 Å². The Labute approximate surface area is 93.9 Å². The van der Waals surface area contributed by atoms with Crippen LogP contribution in [0.2, 0.25) is 5.31 Å². The maximum atomic E-state index is 11.1. The second-order valence-corrected chi connectivity index (χ2v) is 4.79. The molecule has 1 rings (SSSR count). The van der Waals surface area contributed by atoms with Crippen LogP contribution >= 0.6 is 0 Å². The van der Waals surface area contributed by atoms with Gasteiger partial charge in [0.2, 0.25) is 0 Å². The van der Waals surface area contributed by atoms with Crippen LogP contribution in [-0.2, 0) is 4.79 Å². The summed E-state index contributed by atoms with van der Waals surface area (Å²) in [6, 6.07) is 0. The van der Waals surface area contributed by atoms with Crippen molar-refractivity contribution in [3.8, 4) is 0 Å². The van der Waals surface area contributed by atoms with Crippen molar-refractivity contribution in [1.29, 1.82) is 0 Å². The Morgan fingerprint density at radius 3 is 1.53 bits per heavy atom. The molecule has 0 heterocycles. The number of hydrogen-bond donors (Lipinski definition) is 1. The van der Waals surface area contributed by atoms with E-state index in [4.69, 9.17) is 13.0 Å². The van der Waals surface area contributed by atoms with E-state index in [1.165, 1.54) is 25.7 Å². The minimum atomic E-state index is -0.954. The van der Waals surface area contributed by atoms with E-state index in [1.807, 2.05) is 0 Å². The van der Waals surface area contributed by atoms with Gasteiger partial charge in [-0.25, -0.2) is 0 Å². The molecule has 1 saturated carbocycles. The second-order valence-electron chi connectivity index (χ2n) is 4.79. The van der Waals surface area contributed by atoms with Gasteiger partial charge in [0, 0.05) is 5.31 Å². The number of hydrogen-bond acceptors (Lipinski definition) is 1. The topological polar surface area (TPSA) is 37.3 Å². The van der Waals surface area contributed by atoms with E-state index in [9.17, 15) is 4.79 Å². The molecule has 3 heteroatoms. The van der Waals surface area contributed by atoms with E-state index in [0.717, 1.165) is 25.7 Å². The summed E-state index contributed by atoms with van der Waals surface area (Å²) in [5, 5.41) is 8.17. The van der Waals surface area contributed by atoms with Crippen molar-refractivity contribution in [3.05, 3.63) is 0 Å². The lowest BCUT2D eigenvalue weighted by atomic mass is 9.63. The van der Waals surface area contributed by atoms with Crippen molar-refractivity contribution in [2.45, 2.75) is 69.5 Å². The number of carbonyl (C=O) groups is 1. The standard InChI is InChI=1S/C12H21BO2/c13-12(11(14)15)9-7-5-3-1-2-4-6-8-10-12/h1-10H2,(H,14,15). The van der Waals surface area contributed by atoms with Crippen LogP contribution in [0.5, 0.6) is 0 Å². The molecule has 0 aromatic carbocycles. The Morgan fingerprint density at radius 2 is 1.20 bits per heavy atom. The number of carboxylic acids is 1. The van der Waals surface area contributed by atoms with Crippen LogP contribution in [0.15, 0.2) is 0 Å². The maximum Gasteiger partial charge on any atom is 0.300 e. The Bertz CT molecular complexity index is 192. The van der Waals surface area contributed by atoms with Crippen molar-refractivity contribution in [1.82, 2.24) is 0 Å². The molecule has 1 N–H and O–H groups in total. The highest BCUT2D eigenvalue weighted by Crippen LogP contribution is 2.36. The van der Waals surface area contributed by atoms with Gasteiger partial charge in [0.25, 0.3) is 0 Å². The summed E-state index contributed by atoms with van der Waals surface area (Å²) in [6.07, 6.45) is 10.5. The fraction of sp³-hybridized carbons (Fsp3) is 0.917. The van der Waals surface area contributed by atoms with Crippen LogP contribution in [0.3, 0.4) is 0 Å². The van der Waals surface area contributed by atoms with Crippen molar-refractivity contribution in [3.63, 3.8) is 0 Å². The van der Waals surface area contributed by atoms with Gasteiger partial charge in [-0.2, -0.15) is 0 Å². The van der Waals surface area contributed by atoms with E-state index >= 15 is 0 Å². The molecule has 0 amide bonds. The molecule has 1 aliphatic rings. The molecule has 0 aliphatic heterocycles. The smallest absolute Gasteiger partial charge is 0.300 e. The molecular formula is C12H21BO2. The van der Waals surface area contributed by atoms with Crippen molar-refractivity contribution < 1.29 is 9.90 Å². The molecule has 15 heavy (non-hydrogen) atoms. The zero-order valence-corrected chi connectivity index (χ0v) is 9.50. The normalized spacial score (nSPS) is 24.0. The lowest BCUT2D eigenvalue weighted by Crippen LogP contribution is -2.24. The summed E-state index contributed by atoms with van der Waals surface area (Å²) in [5.41, 5.74) is 0. The minimum absolute atomic E-state index is 0.641. The van der Waals surface area contributed by atoms with Crippen LogP contribution in [0.1, 0.15) is 64.2 Å². The first-order valence-corrected chi connectivity index (χ1v) is 6.17. The number of aliphatic carboxylic acids is 1. The van der Waals surface area contributed by atoms with Crippen LogP contribution in [0.4, 0.5) is 0 Å². The van der Waals surface area contributed by atoms with Gasteiger partial charge >= 0.3 is 5.97 Å². The van der Waals surface area contributed by atoms with Gasteiger partial charge in [-0.15, -0.1) is 0 Å². The Morgan fingerprint density at radius 1 is 0.867 bits per heavy atom. The summed E-state index contributed by atoms with van der Waals surface area (Å²) in [6.45, 7) is 0. The number of carboxylic acid groups (broad SMARTS) is 1. The molecule has 0 saturated heterocycles. The Balaban J connectivity index is 2.49. The van der Waals surface area contributed by atoms with Crippen LogP contribution in [0, 0.1) is 0 Å². The first-order chi connectivity index (χ1) is 7.15. The zero-order valence-electron chi connectivity index (χ0n) is 9.50. The Hall–Kier alpha value is -0.465. The van der Waals surface area contributed by atoms with Crippen LogP contribution < -0.4 is 0 Å². The van der Waals surface area contributed by atoms with E-state index in [-0.39, 0.29) is 0 Å². The minimum Gasteiger partial charge on any atom is -0.481 e. The predicted molar refractivity (Wildman–Crippen MR) is 62.3 cm³/mol. The highest BCUT2D eigenvalue weighted by molar-refractivity contribution is 6.26. The second kappa shape index (κ2) is 6.19. The van der Waals surface area contributed by atoms with E-state index < -0.39 is 11.3 Å². The van der Waals surface area contributed by atoms with Crippen molar-refractivity contribution in [2.75, 3.05) is 0 Å². The third-order valence-corrected chi connectivity index (χ3v) is 3.42. The monoisotopic (exact) mass is 208 g/mol. The average Bonchev–Trinajstić information content (AvgIpc) is 2.24. The molecule has 0 aromatic heterocycles. The van der Waals surface area contributed by atoms with Gasteiger partial charge in [0.05, 0.1) is 7.85 Å². The quantitative estimate of drug-likeness (QED) is 0.671. The van der Waals surface area contributed by atoms with Gasteiger partial charge in [-0.3, -0.25) is 4.79 Å². The predicted octanol–water partition coefficient (Wildman–Crippen LogP) is 3.31. The van der Waals surface area contributed by atoms with Crippen LogP contribution in [-0.4, -0.2) is 18.9 Å². The fourth-order valence-corrected chi connectivity index (χ4v) is 2.28. The maximum absolute atomic E-state index is 11.1. The van der Waals surface area contributed by atoms with E-state index in [0.29, 0.717) is 12.8 Å². The molecule has 2 radical (unpaired) electrons.